The van der Waals surface area contributed by atoms with E-state index in [0.29, 0.717) is 21.6 Å². The van der Waals surface area contributed by atoms with E-state index in [-0.39, 0.29) is 18.4 Å². The van der Waals surface area contributed by atoms with Crippen molar-refractivity contribution in [3.8, 4) is 0 Å². The maximum absolute atomic E-state index is 12.8. The van der Waals surface area contributed by atoms with Crippen molar-refractivity contribution in [3.63, 3.8) is 0 Å². The van der Waals surface area contributed by atoms with E-state index in [0.717, 1.165) is 16.5 Å². The number of pyridine rings is 1. The minimum Gasteiger partial charge on any atom is -0.480 e. The summed E-state index contributed by atoms with van der Waals surface area (Å²) in [5.41, 5.74) is 2.69. The third-order valence-corrected chi connectivity index (χ3v) is 5.55. The van der Waals surface area contributed by atoms with E-state index in [1.54, 1.807) is 35.9 Å². The fourth-order valence-corrected chi connectivity index (χ4v) is 3.96. The van der Waals surface area contributed by atoms with Crippen LogP contribution in [0.25, 0.3) is 21.8 Å². The van der Waals surface area contributed by atoms with Crippen LogP contribution in [0.4, 0.5) is 0 Å². The van der Waals surface area contributed by atoms with Gasteiger partial charge in [-0.1, -0.05) is 29.8 Å². The van der Waals surface area contributed by atoms with Gasteiger partial charge in [-0.15, -0.1) is 0 Å². The van der Waals surface area contributed by atoms with Gasteiger partial charge in [0.25, 0.3) is 0 Å². The molecule has 2 aromatic heterocycles. The summed E-state index contributed by atoms with van der Waals surface area (Å²) in [4.78, 5) is 40.0. The number of aryl methyl sites for hydroxylation is 1. The molecule has 7 nitrogen and oxygen atoms in total. The standard InChI is InChI=1S/C23H20ClN3O4/c1-13-8-21(28)17-10-15(24)6-7-20(17)27(13)12-22(29)26-19(23(30)31)9-14-11-25-18-5-3-2-4-16(14)18/h2-8,10-11,19,25H,9,12H2,1H3,(H,26,29)(H,30,31). The lowest BCUT2D eigenvalue weighted by atomic mass is 10.0. The number of amides is 1. The summed E-state index contributed by atoms with van der Waals surface area (Å²) >= 11 is 6.01. The Morgan fingerprint density at radius 1 is 1.16 bits per heavy atom. The van der Waals surface area contributed by atoms with Gasteiger partial charge in [-0.3, -0.25) is 9.59 Å². The highest BCUT2D eigenvalue weighted by Crippen LogP contribution is 2.20. The number of para-hydroxylation sites is 1. The first-order valence-electron chi connectivity index (χ1n) is 9.70. The van der Waals surface area contributed by atoms with Crippen molar-refractivity contribution in [1.82, 2.24) is 14.9 Å². The number of H-pyrrole nitrogens is 1. The van der Waals surface area contributed by atoms with Gasteiger partial charge in [-0.2, -0.15) is 0 Å². The smallest absolute Gasteiger partial charge is 0.326 e. The molecular formula is C23H20ClN3O4. The van der Waals surface area contributed by atoms with E-state index >= 15 is 0 Å². The first-order valence-corrected chi connectivity index (χ1v) is 10.1. The largest absolute Gasteiger partial charge is 0.480 e. The van der Waals surface area contributed by atoms with Gasteiger partial charge in [-0.05, 0) is 36.8 Å². The van der Waals surface area contributed by atoms with Crippen LogP contribution in [0, 0.1) is 6.92 Å². The molecule has 0 aliphatic heterocycles. The van der Waals surface area contributed by atoms with E-state index in [2.05, 4.69) is 10.3 Å². The Bertz CT molecular complexity index is 1370. The molecule has 0 bridgehead atoms. The fraction of sp³-hybridized carbons (Fsp3) is 0.174. The SMILES string of the molecule is Cc1cc(=O)c2cc(Cl)ccc2n1CC(=O)NC(Cc1c[nH]c2ccccc12)C(=O)O. The van der Waals surface area contributed by atoms with Crippen LogP contribution in [0.5, 0.6) is 0 Å². The zero-order valence-corrected chi connectivity index (χ0v) is 17.4. The van der Waals surface area contributed by atoms with E-state index in [1.165, 1.54) is 6.07 Å². The number of carbonyl (C=O) groups is 2. The third-order valence-electron chi connectivity index (χ3n) is 5.31. The number of carboxylic acid groups (broad SMARTS) is 1. The molecule has 158 valence electrons. The number of rotatable bonds is 6. The van der Waals surface area contributed by atoms with Gasteiger partial charge in [0.15, 0.2) is 5.43 Å². The van der Waals surface area contributed by atoms with Gasteiger partial charge in [0.1, 0.15) is 12.6 Å². The van der Waals surface area contributed by atoms with Crippen LogP contribution in [-0.2, 0) is 22.6 Å². The topological polar surface area (TPSA) is 104 Å². The second-order valence-electron chi connectivity index (χ2n) is 7.42. The molecule has 0 aliphatic carbocycles. The van der Waals surface area contributed by atoms with Crippen LogP contribution >= 0.6 is 11.6 Å². The molecule has 0 saturated carbocycles. The highest BCUT2D eigenvalue weighted by molar-refractivity contribution is 6.31. The number of hydrogen-bond donors (Lipinski definition) is 3. The molecule has 0 radical (unpaired) electrons. The molecule has 1 unspecified atom stereocenters. The van der Waals surface area contributed by atoms with Crippen LogP contribution in [0.1, 0.15) is 11.3 Å². The number of nitrogens with one attached hydrogen (secondary N) is 2. The Balaban J connectivity index is 1.58. The van der Waals surface area contributed by atoms with Crippen molar-refractivity contribution in [1.29, 1.82) is 0 Å². The Morgan fingerprint density at radius 2 is 1.94 bits per heavy atom. The van der Waals surface area contributed by atoms with Crippen molar-refractivity contribution in [2.75, 3.05) is 0 Å². The van der Waals surface area contributed by atoms with Crippen molar-refractivity contribution < 1.29 is 14.7 Å². The molecule has 4 rings (SSSR count). The molecule has 2 heterocycles. The molecule has 2 aromatic carbocycles. The van der Waals surface area contributed by atoms with Crippen molar-refractivity contribution in [2.45, 2.75) is 25.9 Å². The van der Waals surface area contributed by atoms with E-state index in [9.17, 15) is 19.5 Å². The van der Waals surface area contributed by atoms with Crippen molar-refractivity contribution in [3.05, 3.63) is 81.2 Å². The number of carboxylic acids is 1. The van der Waals surface area contributed by atoms with Gasteiger partial charge < -0.3 is 20.0 Å². The second-order valence-corrected chi connectivity index (χ2v) is 7.86. The number of hydrogen-bond acceptors (Lipinski definition) is 3. The van der Waals surface area contributed by atoms with Gasteiger partial charge in [0.05, 0.1) is 5.52 Å². The maximum Gasteiger partial charge on any atom is 0.326 e. The van der Waals surface area contributed by atoms with E-state index < -0.39 is 17.9 Å². The van der Waals surface area contributed by atoms with Gasteiger partial charge in [-0.25, -0.2) is 4.79 Å². The van der Waals surface area contributed by atoms with Crippen molar-refractivity contribution >= 4 is 45.3 Å². The Kier molecular flexibility index (Phi) is 5.52. The Hall–Kier alpha value is -3.58. The average molecular weight is 438 g/mol. The minimum atomic E-state index is -1.12. The highest BCUT2D eigenvalue weighted by Gasteiger charge is 2.22. The summed E-state index contributed by atoms with van der Waals surface area (Å²) < 4.78 is 1.67. The van der Waals surface area contributed by atoms with Crippen LogP contribution in [0.3, 0.4) is 0 Å². The Labute approximate surface area is 182 Å². The number of nitrogens with zero attached hydrogens (tertiary/aromatic N) is 1. The van der Waals surface area contributed by atoms with Crippen LogP contribution in [0.2, 0.25) is 5.02 Å². The summed E-state index contributed by atoms with van der Waals surface area (Å²) in [5, 5.41) is 14.0. The number of aliphatic carboxylic acids is 1. The monoisotopic (exact) mass is 437 g/mol. The number of halogens is 1. The van der Waals surface area contributed by atoms with Crippen molar-refractivity contribution in [2.24, 2.45) is 0 Å². The molecule has 0 spiro atoms. The van der Waals surface area contributed by atoms with Gasteiger partial charge in [0, 0.05) is 45.7 Å². The summed E-state index contributed by atoms with van der Waals surface area (Å²) in [6.07, 6.45) is 1.90. The summed E-state index contributed by atoms with van der Waals surface area (Å²) in [6, 6.07) is 12.8. The first kappa shape index (κ1) is 20.7. The third kappa shape index (κ3) is 4.18. The quantitative estimate of drug-likeness (QED) is 0.430. The molecule has 1 amide bonds. The van der Waals surface area contributed by atoms with E-state index in [4.69, 9.17) is 11.6 Å². The molecule has 0 aliphatic rings. The zero-order valence-electron chi connectivity index (χ0n) is 16.7. The van der Waals surface area contributed by atoms with Crippen LogP contribution < -0.4 is 10.7 Å². The number of aromatic nitrogens is 2. The molecule has 1 atom stereocenters. The minimum absolute atomic E-state index is 0.123. The number of carbonyl (C=O) groups excluding carboxylic acids is 1. The van der Waals surface area contributed by atoms with Crippen LogP contribution in [-0.4, -0.2) is 32.6 Å². The summed E-state index contributed by atoms with van der Waals surface area (Å²) in [5.74, 6) is -1.58. The molecule has 8 heteroatoms. The highest BCUT2D eigenvalue weighted by atomic mass is 35.5. The number of fused-ring (bicyclic) bond motifs is 2. The van der Waals surface area contributed by atoms with Gasteiger partial charge in [0.2, 0.25) is 5.91 Å². The molecule has 4 aromatic rings. The lowest BCUT2D eigenvalue weighted by molar-refractivity contribution is -0.141. The first-order chi connectivity index (χ1) is 14.8. The average Bonchev–Trinajstić information content (AvgIpc) is 3.13. The van der Waals surface area contributed by atoms with Gasteiger partial charge >= 0.3 is 5.97 Å². The van der Waals surface area contributed by atoms with E-state index in [1.807, 2.05) is 24.3 Å². The van der Waals surface area contributed by atoms with Crippen LogP contribution in [0.15, 0.2) is 59.5 Å². The molecule has 3 N–H and O–H groups in total. The summed E-state index contributed by atoms with van der Waals surface area (Å²) in [6.45, 7) is 1.60. The molecule has 0 fully saturated rings. The predicted octanol–water partition coefficient (Wildman–Crippen LogP) is 3.26. The maximum atomic E-state index is 12.8. The predicted molar refractivity (Wildman–Crippen MR) is 120 cm³/mol. The zero-order chi connectivity index (χ0) is 22.1. The normalized spacial score (nSPS) is 12.2. The fourth-order valence-electron chi connectivity index (χ4n) is 3.79. The number of aromatic amines is 1. The Morgan fingerprint density at radius 3 is 2.71 bits per heavy atom. The second kappa shape index (κ2) is 8.28. The molecule has 0 saturated heterocycles. The lowest BCUT2D eigenvalue weighted by Crippen LogP contribution is -2.43. The molecule has 31 heavy (non-hydrogen) atoms. The molecular weight excluding hydrogens is 418 g/mol. The lowest BCUT2D eigenvalue weighted by Gasteiger charge is -2.18. The summed E-state index contributed by atoms with van der Waals surface area (Å²) in [7, 11) is 0. The number of benzene rings is 2.